The monoisotopic (exact) mass is 260 g/mol. The Balaban J connectivity index is 2.21. The first kappa shape index (κ1) is 13.4. The first-order chi connectivity index (χ1) is 9.08. The van der Waals surface area contributed by atoms with Gasteiger partial charge in [0.15, 0.2) is 5.82 Å². The lowest BCUT2D eigenvalue weighted by Gasteiger charge is -2.19. The van der Waals surface area contributed by atoms with E-state index in [1.165, 1.54) is 6.07 Å². The van der Waals surface area contributed by atoms with Crippen LogP contribution in [0.15, 0.2) is 36.4 Å². The maximum Gasteiger partial charge on any atom is 0.151 e. The third kappa shape index (κ3) is 3.26. The van der Waals surface area contributed by atoms with Gasteiger partial charge >= 0.3 is 0 Å². The van der Waals surface area contributed by atoms with Crippen LogP contribution >= 0.6 is 0 Å². The van der Waals surface area contributed by atoms with Crippen molar-refractivity contribution in [1.82, 2.24) is 10.2 Å². The molecule has 2 N–H and O–H groups in total. The van der Waals surface area contributed by atoms with Gasteiger partial charge in [-0.1, -0.05) is 12.1 Å². The molecule has 1 aromatic heterocycles. The molecule has 2 aromatic rings. The zero-order valence-electron chi connectivity index (χ0n) is 11.0. The quantitative estimate of drug-likeness (QED) is 0.914. The average molecular weight is 260 g/mol. The van der Waals surface area contributed by atoms with Gasteiger partial charge in [-0.05, 0) is 31.2 Å². The van der Waals surface area contributed by atoms with E-state index >= 15 is 0 Å². The third-order valence-corrected chi connectivity index (χ3v) is 2.75. The van der Waals surface area contributed by atoms with Crippen LogP contribution in [-0.4, -0.2) is 29.8 Å². The number of benzene rings is 1. The van der Waals surface area contributed by atoms with Crippen molar-refractivity contribution in [2.75, 3.05) is 18.5 Å². The molecule has 0 saturated carbocycles. The number of nitrogens with two attached hydrogens (primary N) is 1. The van der Waals surface area contributed by atoms with Crippen LogP contribution in [0.4, 0.5) is 10.2 Å². The second-order valence-corrected chi connectivity index (χ2v) is 4.61. The average Bonchev–Trinajstić information content (AvgIpc) is 2.39. The molecule has 0 bridgehead atoms. The summed E-state index contributed by atoms with van der Waals surface area (Å²) in [5.41, 5.74) is 6.71. The summed E-state index contributed by atoms with van der Waals surface area (Å²) >= 11 is 0. The van der Waals surface area contributed by atoms with Gasteiger partial charge in [-0.3, -0.25) is 0 Å². The zero-order chi connectivity index (χ0) is 13.8. The van der Waals surface area contributed by atoms with Crippen molar-refractivity contribution in [1.29, 1.82) is 0 Å². The molecule has 0 amide bonds. The lowest BCUT2D eigenvalue weighted by atomic mass is 10.1. The smallest absolute Gasteiger partial charge is 0.151 e. The lowest BCUT2D eigenvalue weighted by molar-refractivity contribution is 0.630. The number of hydrogen-bond donors (Lipinski definition) is 1. The topological polar surface area (TPSA) is 55.0 Å². The summed E-state index contributed by atoms with van der Waals surface area (Å²) in [7, 11) is 1.90. The molecule has 19 heavy (non-hydrogen) atoms. The van der Waals surface area contributed by atoms with E-state index in [1.54, 1.807) is 24.3 Å². The highest BCUT2D eigenvalue weighted by molar-refractivity contribution is 5.60. The molecule has 4 nitrogen and oxygen atoms in total. The highest BCUT2D eigenvalue weighted by Crippen LogP contribution is 2.20. The van der Waals surface area contributed by atoms with E-state index < -0.39 is 0 Å². The molecule has 0 fully saturated rings. The van der Waals surface area contributed by atoms with E-state index in [0.717, 1.165) is 5.82 Å². The second-order valence-electron chi connectivity index (χ2n) is 4.61. The van der Waals surface area contributed by atoms with Gasteiger partial charge in [0.2, 0.25) is 0 Å². The van der Waals surface area contributed by atoms with Crippen molar-refractivity contribution in [3.8, 4) is 11.3 Å². The standard InChI is InChI=1S/C14H17FN4/c1-10(16)9-19(2)14-8-7-13(17-18-14)11-5-3-4-6-12(11)15/h3-8,10H,9,16H2,1-2H3. The molecule has 1 aromatic carbocycles. The molecule has 5 heteroatoms. The van der Waals surface area contributed by atoms with Gasteiger partial charge in [0.1, 0.15) is 5.82 Å². The number of anilines is 1. The van der Waals surface area contributed by atoms with Crippen molar-refractivity contribution in [2.24, 2.45) is 5.73 Å². The highest BCUT2D eigenvalue weighted by atomic mass is 19.1. The molecule has 0 saturated heterocycles. The summed E-state index contributed by atoms with van der Waals surface area (Å²) in [4.78, 5) is 1.92. The molecule has 0 aliphatic heterocycles. The van der Waals surface area contributed by atoms with Gasteiger partial charge in [-0.25, -0.2) is 4.39 Å². The molecule has 0 aliphatic rings. The Bertz CT molecular complexity index is 539. The largest absolute Gasteiger partial charge is 0.357 e. The fraction of sp³-hybridized carbons (Fsp3) is 0.286. The summed E-state index contributed by atoms with van der Waals surface area (Å²) in [6.45, 7) is 2.62. The van der Waals surface area contributed by atoms with Crippen LogP contribution < -0.4 is 10.6 Å². The van der Waals surface area contributed by atoms with Crippen LogP contribution in [0.5, 0.6) is 0 Å². The van der Waals surface area contributed by atoms with E-state index in [9.17, 15) is 4.39 Å². The van der Waals surface area contributed by atoms with Crippen LogP contribution in [0, 0.1) is 5.82 Å². The number of rotatable bonds is 4. The molecule has 100 valence electrons. The van der Waals surface area contributed by atoms with E-state index in [2.05, 4.69) is 10.2 Å². The minimum absolute atomic E-state index is 0.0537. The van der Waals surface area contributed by atoms with Gasteiger partial charge in [0.05, 0.1) is 5.69 Å². The molecule has 0 aliphatic carbocycles. The number of nitrogens with zero attached hydrogens (tertiary/aromatic N) is 3. The van der Waals surface area contributed by atoms with Crippen molar-refractivity contribution in [3.63, 3.8) is 0 Å². The summed E-state index contributed by atoms with van der Waals surface area (Å²) in [6, 6.07) is 10.2. The van der Waals surface area contributed by atoms with Crippen LogP contribution in [0.1, 0.15) is 6.92 Å². The Morgan fingerprint density at radius 3 is 2.53 bits per heavy atom. The number of hydrogen-bond acceptors (Lipinski definition) is 4. The zero-order valence-corrected chi connectivity index (χ0v) is 11.0. The summed E-state index contributed by atoms with van der Waals surface area (Å²) in [5, 5.41) is 8.17. The van der Waals surface area contributed by atoms with E-state index in [1.807, 2.05) is 24.9 Å². The predicted octanol–water partition coefficient (Wildman–Crippen LogP) is 2.07. The van der Waals surface area contributed by atoms with Gasteiger partial charge < -0.3 is 10.6 Å². The molecule has 0 spiro atoms. The highest BCUT2D eigenvalue weighted by Gasteiger charge is 2.09. The van der Waals surface area contributed by atoms with E-state index in [-0.39, 0.29) is 11.9 Å². The molecular formula is C14H17FN4. The number of likely N-dealkylation sites (N-methyl/N-ethyl adjacent to an activating group) is 1. The van der Waals surface area contributed by atoms with Crippen LogP contribution in [0.3, 0.4) is 0 Å². The number of halogens is 1. The first-order valence-corrected chi connectivity index (χ1v) is 6.13. The van der Waals surface area contributed by atoms with E-state index in [0.29, 0.717) is 17.8 Å². The molecule has 1 atom stereocenters. The normalized spacial score (nSPS) is 12.2. The van der Waals surface area contributed by atoms with Crippen LogP contribution in [0.25, 0.3) is 11.3 Å². The van der Waals surface area contributed by atoms with Crippen molar-refractivity contribution >= 4 is 5.82 Å². The minimum atomic E-state index is -0.298. The van der Waals surface area contributed by atoms with Crippen LogP contribution in [-0.2, 0) is 0 Å². The Labute approximate surface area is 112 Å². The van der Waals surface area contributed by atoms with Gasteiger partial charge in [0.25, 0.3) is 0 Å². The number of aromatic nitrogens is 2. The SMILES string of the molecule is CC(N)CN(C)c1ccc(-c2ccccc2F)nn1. The molecular weight excluding hydrogens is 243 g/mol. The molecule has 2 rings (SSSR count). The molecule has 0 radical (unpaired) electrons. The summed E-state index contributed by atoms with van der Waals surface area (Å²) < 4.78 is 13.6. The fourth-order valence-electron chi connectivity index (χ4n) is 1.87. The summed E-state index contributed by atoms with van der Waals surface area (Å²) in [5.74, 6) is 0.422. The van der Waals surface area contributed by atoms with Gasteiger partial charge in [-0.2, -0.15) is 0 Å². The Hall–Kier alpha value is -2.01. The maximum atomic E-state index is 13.6. The summed E-state index contributed by atoms with van der Waals surface area (Å²) in [6.07, 6.45) is 0. The minimum Gasteiger partial charge on any atom is -0.357 e. The Morgan fingerprint density at radius 1 is 1.21 bits per heavy atom. The van der Waals surface area contributed by atoms with Crippen molar-refractivity contribution < 1.29 is 4.39 Å². The van der Waals surface area contributed by atoms with E-state index in [4.69, 9.17) is 5.73 Å². The van der Waals surface area contributed by atoms with Crippen molar-refractivity contribution in [3.05, 3.63) is 42.2 Å². The van der Waals surface area contributed by atoms with Gasteiger partial charge in [0, 0.05) is 25.2 Å². The van der Waals surface area contributed by atoms with Gasteiger partial charge in [-0.15, -0.1) is 10.2 Å². The third-order valence-electron chi connectivity index (χ3n) is 2.75. The van der Waals surface area contributed by atoms with Crippen molar-refractivity contribution in [2.45, 2.75) is 13.0 Å². The second kappa shape index (κ2) is 5.75. The molecule has 1 unspecified atom stereocenters. The Morgan fingerprint density at radius 2 is 1.95 bits per heavy atom. The maximum absolute atomic E-state index is 13.6. The molecule has 1 heterocycles. The fourth-order valence-corrected chi connectivity index (χ4v) is 1.87. The Kier molecular flexibility index (Phi) is 4.06. The predicted molar refractivity (Wildman–Crippen MR) is 74.3 cm³/mol. The van der Waals surface area contributed by atoms with Crippen LogP contribution in [0.2, 0.25) is 0 Å². The lowest BCUT2D eigenvalue weighted by Crippen LogP contribution is -2.33. The first-order valence-electron chi connectivity index (χ1n) is 6.13.